The Morgan fingerprint density at radius 3 is 2.48 bits per heavy atom. The maximum absolute atomic E-state index is 12.4. The Bertz CT molecular complexity index is 1090. The number of carbonyl (C=O) groups is 3. The van der Waals surface area contributed by atoms with Crippen LogP contribution in [0.5, 0.6) is 0 Å². The van der Waals surface area contributed by atoms with Gasteiger partial charge in [0.1, 0.15) is 17.6 Å². The molecule has 0 saturated carbocycles. The molecular formula is C21H25N9O3. The van der Waals surface area contributed by atoms with Gasteiger partial charge in [0.15, 0.2) is 11.5 Å². The van der Waals surface area contributed by atoms with E-state index in [0.29, 0.717) is 25.2 Å². The molecule has 0 aliphatic carbocycles. The minimum Gasteiger partial charge on any atom is -0.368 e. The molecule has 0 radical (unpaired) electrons. The lowest BCUT2D eigenvalue weighted by Crippen LogP contribution is -2.49. The van der Waals surface area contributed by atoms with Crippen LogP contribution in [0.4, 0.5) is 17.3 Å². The number of amides is 3. The molecule has 0 bridgehead atoms. The summed E-state index contributed by atoms with van der Waals surface area (Å²) < 4.78 is 0. The van der Waals surface area contributed by atoms with E-state index in [-0.39, 0.29) is 40.8 Å². The fourth-order valence-corrected chi connectivity index (χ4v) is 3.24. The molecule has 1 aliphatic rings. The number of nitrogens with zero attached hydrogens (tertiary/aromatic N) is 5. The summed E-state index contributed by atoms with van der Waals surface area (Å²) in [6.45, 7) is 4.68. The molecule has 172 valence electrons. The summed E-state index contributed by atoms with van der Waals surface area (Å²) in [5, 5.41) is 14.7. The van der Waals surface area contributed by atoms with Crippen LogP contribution in [0.1, 0.15) is 41.2 Å². The first-order valence-electron chi connectivity index (χ1n) is 10.3. The topological polar surface area (TPSA) is 193 Å². The van der Waals surface area contributed by atoms with Crippen molar-refractivity contribution in [1.82, 2.24) is 19.9 Å². The fourth-order valence-electron chi connectivity index (χ4n) is 3.24. The normalized spacial score (nSPS) is 14.2. The molecule has 3 heterocycles. The van der Waals surface area contributed by atoms with Crippen LogP contribution in [-0.4, -0.2) is 56.7 Å². The zero-order chi connectivity index (χ0) is 24.1. The van der Waals surface area contributed by atoms with E-state index in [4.69, 9.17) is 16.7 Å². The second-order valence-corrected chi connectivity index (χ2v) is 8.14. The molecule has 3 amide bonds. The summed E-state index contributed by atoms with van der Waals surface area (Å²) >= 11 is 0. The zero-order valence-electron chi connectivity index (χ0n) is 18.3. The number of hydrogen-bond acceptors (Lipinski definition) is 9. The highest BCUT2D eigenvalue weighted by atomic mass is 16.2. The van der Waals surface area contributed by atoms with Crippen LogP contribution in [0.25, 0.3) is 0 Å². The van der Waals surface area contributed by atoms with Gasteiger partial charge in [-0.3, -0.25) is 14.4 Å². The highest BCUT2D eigenvalue weighted by Crippen LogP contribution is 2.21. The van der Waals surface area contributed by atoms with Crippen LogP contribution < -0.4 is 22.1 Å². The second kappa shape index (κ2) is 9.90. The SMILES string of the molecule is CC(C)CC(Nc1cnc(C(N)=O)c(Nc2ccc(C(=O)N3CC(C#N)C3)nc2)n1)C(N)=O. The fraction of sp³-hybridized carbons (Fsp3) is 0.381. The Kier molecular flexibility index (Phi) is 7.02. The van der Waals surface area contributed by atoms with E-state index in [2.05, 4.69) is 31.7 Å². The average Bonchev–Trinajstić information content (AvgIpc) is 2.72. The van der Waals surface area contributed by atoms with E-state index >= 15 is 0 Å². The van der Waals surface area contributed by atoms with Gasteiger partial charge in [-0.05, 0) is 24.5 Å². The number of nitrogens with two attached hydrogens (primary N) is 2. The van der Waals surface area contributed by atoms with Crippen molar-refractivity contribution in [2.45, 2.75) is 26.3 Å². The summed E-state index contributed by atoms with van der Waals surface area (Å²) in [5.41, 5.74) is 11.4. The van der Waals surface area contributed by atoms with Crippen molar-refractivity contribution in [2.75, 3.05) is 23.7 Å². The first kappa shape index (κ1) is 23.4. The average molecular weight is 451 g/mol. The lowest BCUT2D eigenvalue weighted by atomic mass is 10.0. The zero-order valence-corrected chi connectivity index (χ0v) is 18.3. The van der Waals surface area contributed by atoms with Gasteiger partial charge >= 0.3 is 0 Å². The van der Waals surface area contributed by atoms with E-state index < -0.39 is 17.9 Å². The smallest absolute Gasteiger partial charge is 0.272 e. The maximum atomic E-state index is 12.4. The van der Waals surface area contributed by atoms with E-state index in [9.17, 15) is 14.4 Å². The van der Waals surface area contributed by atoms with E-state index in [1.807, 2.05) is 13.8 Å². The Morgan fingerprint density at radius 2 is 1.94 bits per heavy atom. The summed E-state index contributed by atoms with van der Waals surface area (Å²) in [4.78, 5) is 50.0. The number of aromatic nitrogens is 3. The molecule has 12 nitrogen and oxygen atoms in total. The Balaban J connectivity index is 1.77. The number of anilines is 3. The van der Waals surface area contributed by atoms with E-state index in [1.54, 1.807) is 11.0 Å². The first-order valence-corrected chi connectivity index (χ1v) is 10.3. The van der Waals surface area contributed by atoms with Gasteiger partial charge in [0.25, 0.3) is 11.8 Å². The standard InChI is InChI=1S/C21H25N9O3/c1-11(2)5-15(18(23)31)28-16-8-26-17(19(24)32)20(29-16)27-13-3-4-14(25-7-13)21(33)30-9-12(6-22)10-30/h3-4,7-8,11-12,15H,5,9-10H2,1-2H3,(H2,23,31)(H2,24,32)(H2,27,28,29). The third-order valence-corrected chi connectivity index (χ3v) is 4.98. The molecular weight excluding hydrogens is 426 g/mol. The lowest BCUT2D eigenvalue weighted by molar-refractivity contribution is -0.119. The summed E-state index contributed by atoms with van der Waals surface area (Å²) in [7, 11) is 0. The van der Waals surface area contributed by atoms with E-state index in [1.165, 1.54) is 18.5 Å². The number of carbonyl (C=O) groups excluding carboxylic acids is 3. The minimum absolute atomic E-state index is 0.0562. The van der Waals surface area contributed by atoms with Crippen LogP contribution in [0.15, 0.2) is 24.5 Å². The predicted molar refractivity (Wildman–Crippen MR) is 119 cm³/mol. The molecule has 1 fully saturated rings. The van der Waals surface area contributed by atoms with Gasteiger partial charge in [0.05, 0.1) is 30.1 Å². The van der Waals surface area contributed by atoms with Gasteiger partial charge < -0.3 is 27.0 Å². The van der Waals surface area contributed by atoms with Crippen molar-refractivity contribution >= 4 is 35.0 Å². The summed E-state index contributed by atoms with van der Waals surface area (Å²) in [6, 6.07) is 4.57. The molecule has 1 saturated heterocycles. The molecule has 33 heavy (non-hydrogen) atoms. The molecule has 1 unspecified atom stereocenters. The summed E-state index contributed by atoms with van der Waals surface area (Å²) in [5.74, 6) is -1.24. The Labute approximate surface area is 190 Å². The van der Waals surface area contributed by atoms with Gasteiger partial charge in [0, 0.05) is 13.1 Å². The highest BCUT2D eigenvalue weighted by molar-refractivity contribution is 5.96. The molecule has 2 aromatic heterocycles. The predicted octanol–water partition coefficient (Wildman–Crippen LogP) is 0.622. The van der Waals surface area contributed by atoms with Crippen molar-refractivity contribution in [1.29, 1.82) is 5.26 Å². The molecule has 2 aromatic rings. The van der Waals surface area contributed by atoms with Crippen LogP contribution in [-0.2, 0) is 4.79 Å². The van der Waals surface area contributed by atoms with Crippen molar-refractivity contribution in [3.63, 3.8) is 0 Å². The number of pyridine rings is 1. The van der Waals surface area contributed by atoms with Crippen LogP contribution in [0.2, 0.25) is 0 Å². The quantitative estimate of drug-likeness (QED) is 0.423. The van der Waals surface area contributed by atoms with Gasteiger partial charge in [-0.1, -0.05) is 13.8 Å². The number of nitrogens with one attached hydrogen (secondary N) is 2. The van der Waals surface area contributed by atoms with Gasteiger partial charge in [-0.2, -0.15) is 5.26 Å². The first-order chi connectivity index (χ1) is 15.7. The van der Waals surface area contributed by atoms with Gasteiger partial charge in [0.2, 0.25) is 5.91 Å². The molecule has 6 N–H and O–H groups in total. The van der Waals surface area contributed by atoms with Gasteiger partial charge in [-0.15, -0.1) is 0 Å². The molecule has 1 atom stereocenters. The third-order valence-electron chi connectivity index (χ3n) is 4.98. The highest BCUT2D eigenvalue weighted by Gasteiger charge is 2.31. The molecule has 0 aromatic carbocycles. The van der Waals surface area contributed by atoms with Crippen LogP contribution >= 0.6 is 0 Å². The number of likely N-dealkylation sites (tertiary alicyclic amines) is 1. The number of hydrogen-bond donors (Lipinski definition) is 4. The monoisotopic (exact) mass is 451 g/mol. The third kappa shape index (κ3) is 5.70. The number of primary amides is 2. The molecule has 3 rings (SSSR count). The molecule has 12 heteroatoms. The molecule has 1 aliphatic heterocycles. The van der Waals surface area contributed by atoms with Gasteiger partial charge in [-0.25, -0.2) is 15.0 Å². The van der Waals surface area contributed by atoms with Crippen LogP contribution in [0, 0.1) is 23.2 Å². The lowest BCUT2D eigenvalue weighted by Gasteiger charge is -2.34. The second-order valence-electron chi connectivity index (χ2n) is 8.14. The van der Waals surface area contributed by atoms with Crippen LogP contribution in [0.3, 0.4) is 0 Å². The largest absolute Gasteiger partial charge is 0.368 e. The van der Waals surface area contributed by atoms with Crippen molar-refractivity contribution in [3.8, 4) is 6.07 Å². The summed E-state index contributed by atoms with van der Waals surface area (Å²) in [6.07, 6.45) is 3.19. The van der Waals surface area contributed by atoms with Crippen molar-refractivity contribution in [2.24, 2.45) is 23.3 Å². The molecule has 0 spiro atoms. The Hall–Kier alpha value is -4.27. The number of rotatable bonds is 9. The van der Waals surface area contributed by atoms with Crippen molar-refractivity contribution < 1.29 is 14.4 Å². The maximum Gasteiger partial charge on any atom is 0.272 e. The Morgan fingerprint density at radius 1 is 1.21 bits per heavy atom. The van der Waals surface area contributed by atoms with Crippen molar-refractivity contribution in [3.05, 3.63) is 35.9 Å². The number of nitriles is 1. The minimum atomic E-state index is -0.797. The van der Waals surface area contributed by atoms with E-state index in [0.717, 1.165) is 0 Å².